The Kier molecular flexibility index (Phi) is 10.5. The number of nitrogens with zero attached hydrogens (tertiary/aromatic N) is 2. The highest BCUT2D eigenvalue weighted by Gasteiger charge is 2.04. The van der Waals surface area contributed by atoms with Crippen molar-refractivity contribution in [2.75, 3.05) is 36.0 Å². The zero-order chi connectivity index (χ0) is 21.6. The molecular formula is C25H32N2O2. The highest BCUT2D eigenvalue weighted by atomic mass is 16.3. The Hall–Kier alpha value is -3.40. The summed E-state index contributed by atoms with van der Waals surface area (Å²) in [4.78, 5) is 4.24. The molecule has 0 atom stereocenters. The van der Waals surface area contributed by atoms with E-state index in [9.17, 15) is 5.11 Å². The van der Waals surface area contributed by atoms with E-state index in [1.165, 1.54) is 0 Å². The SMILES string of the molecule is C=CCN(CC=C)c1ccc(O)c(C)c1.C=CCN(CC=C)c1ccc(O)cc1. The molecule has 2 N–H and O–H groups in total. The first kappa shape index (κ1) is 23.6. The molecule has 0 radical (unpaired) electrons. The van der Waals surface area contributed by atoms with E-state index < -0.39 is 0 Å². The minimum absolute atomic E-state index is 0.283. The molecule has 0 unspecified atom stereocenters. The Morgan fingerprint density at radius 3 is 1.52 bits per heavy atom. The van der Waals surface area contributed by atoms with Crippen molar-refractivity contribution >= 4 is 11.4 Å². The largest absolute Gasteiger partial charge is 0.508 e. The summed E-state index contributed by atoms with van der Waals surface area (Å²) in [6, 6.07) is 12.7. The Morgan fingerprint density at radius 2 is 1.10 bits per heavy atom. The van der Waals surface area contributed by atoms with Gasteiger partial charge in [-0.3, -0.25) is 0 Å². The van der Waals surface area contributed by atoms with E-state index in [0.717, 1.165) is 43.1 Å². The fourth-order valence-electron chi connectivity index (χ4n) is 2.69. The standard InChI is InChI=1S/C13H17NO.C12H15NO/c1-4-8-14(9-5-2)12-6-7-13(15)11(3)10-12;1-3-9-13(10-4-2)11-5-7-12(14)8-6-11/h4-7,10,15H,1-2,8-9H2,3H3;3-8,14H,1-2,9-10H2. The molecular weight excluding hydrogens is 360 g/mol. The van der Waals surface area contributed by atoms with Crippen LogP contribution in [0.25, 0.3) is 0 Å². The first-order valence-electron chi connectivity index (χ1n) is 9.48. The maximum absolute atomic E-state index is 9.43. The predicted molar refractivity (Wildman–Crippen MR) is 126 cm³/mol. The van der Waals surface area contributed by atoms with Crippen LogP contribution in [0.3, 0.4) is 0 Å². The fraction of sp³-hybridized carbons (Fsp3) is 0.200. The molecule has 2 rings (SSSR count). The first-order valence-corrected chi connectivity index (χ1v) is 9.48. The number of benzene rings is 2. The molecule has 0 aliphatic carbocycles. The van der Waals surface area contributed by atoms with Gasteiger partial charge in [0.1, 0.15) is 11.5 Å². The van der Waals surface area contributed by atoms with Gasteiger partial charge in [0.2, 0.25) is 0 Å². The van der Waals surface area contributed by atoms with E-state index >= 15 is 0 Å². The third-order valence-corrected chi connectivity index (χ3v) is 4.16. The molecule has 4 nitrogen and oxygen atoms in total. The van der Waals surface area contributed by atoms with E-state index in [0.29, 0.717) is 5.75 Å². The molecule has 0 amide bonds. The second-order valence-electron chi connectivity index (χ2n) is 6.45. The minimum atomic E-state index is 0.283. The van der Waals surface area contributed by atoms with Gasteiger partial charge in [-0.1, -0.05) is 24.3 Å². The zero-order valence-corrected chi connectivity index (χ0v) is 17.3. The lowest BCUT2D eigenvalue weighted by molar-refractivity contribution is 0.471. The molecule has 0 saturated heterocycles. The van der Waals surface area contributed by atoms with Crippen molar-refractivity contribution in [3.8, 4) is 11.5 Å². The van der Waals surface area contributed by atoms with Gasteiger partial charge >= 0.3 is 0 Å². The average molecular weight is 393 g/mol. The molecule has 0 aromatic heterocycles. The Morgan fingerprint density at radius 1 is 0.690 bits per heavy atom. The third-order valence-electron chi connectivity index (χ3n) is 4.16. The number of phenols is 2. The summed E-state index contributed by atoms with van der Waals surface area (Å²) < 4.78 is 0. The summed E-state index contributed by atoms with van der Waals surface area (Å²) in [5, 5.41) is 18.6. The van der Waals surface area contributed by atoms with Gasteiger partial charge in [-0.05, 0) is 55.0 Å². The van der Waals surface area contributed by atoms with Crippen LogP contribution in [0.15, 0.2) is 93.1 Å². The highest BCUT2D eigenvalue weighted by molar-refractivity contribution is 5.53. The van der Waals surface area contributed by atoms with Gasteiger partial charge in [-0.2, -0.15) is 0 Å². The molecule has 0 aliphatic heterocycles. The monoisotopic (exact) mass is 392 g/mol. The lowest BCUT2D eigenvalue weighted by Crippen LogP contribution is -2.22. The average Bonchev–Trinajstić information content (AvgIpc) is 2.71. The molecule has 0 spiro atoms. The molecule has 2 aromatic carbocycles. The van der Waals surface area contributed by atoms with Crippen molar-refractivity contribution in [2.45, 2.75) is 6.92 Å². The second-order valence-corrected chi connectivity index (χ2v) is 6.45. The first-order chi connectivity index (χ1) is 14.0. The molecule has 0 bridgehead atoms. The van der Waals surface area contributed by atoms with E-state index in [1.54, 1.807) is 18.2 Å². The molecule has 4 heteroatoms. The van der Waals surface area contributed by atoms with Crippen molar-refractivity contribution in [2.24, 2.45) is 0 Å². The van der Waals surface area contributed by atoms with E-state index in [1.807, 2.05) is 55.5 Å². The van der Waals surface area contributed by atoms with Crippen molar-refractivity contribution in [3.05, 3.63) is 98.6 Å². The van der Waals surface area contributed by atoms with Crippen LogP contribution in [0, 0.1) is 6.92 Å². The predicted octanol–water partition coefficient (Wildman–Crippen LogP) is 5.45. The van der Waals surface area contributed by atoms with Gasteiger partial charge in [-0.25, -0.2) is 0 Å². The van der Waals surface area contributed by atoms with Crippen LogP contribution in [0.1, 0.15) is 5.56 Å². The van der Waals surface area contributed by atoms with Gasteiger partial charge in [0.05, 0.1) is 0 Å². The van der Waals surface area contributed by atoms with Gasteiger partial charge < -0.3 is 20.0 Å². The van der Waals surface area contributed by atoms with E-state index in [2.05, 4.69) is 36.1 Å². The van der Waals surface area contributed by atoms with Gasteiger partial charge in [0.25, 0.3) is 0 Å². The third kappa shape index (κ3) is 8.01. The van der Waals surface area contributed by atoms with Gasteiger partial charge in [0.15, 0.2) is 0 Å². The summed E-state index contributed by atoms with van der Waals surface area (Å²) in [7, 11) is 0. The Bertz CT molecular complexity index is 777. The Balaban J connectivity index is 0.000000291. The molecule has 0 heterocycles. The molecule has 154 valence electrons. The quantitative estimate of drug-likeness (QED) is 0.528. The maximum atomic E-state index is 9.43. The highest BCUT2D eigenvalue weighted by Crippen LogP contribution is 2.23. The summed E-state index contributed by atoms with van der Waals surface area (Å²) >= 11 is 0. The lowest BCUT2D eigenvalue weighted by Gasteiger charge is -2.22. The van der Waals surface area contributed by atoms with Crippen molar-refractivity contribution < 1.29 is 10.2 Å². The van der Waals surface area contributed by atoms with Crippen LogP contribution in [0.5, 0.6) is 11.5 Å². The van der Waals surface area contributed by atoms with Crippen LogP contribution in [0.2, 0.25) is 0 Å². The van der Waals surface area contributed by atoms with Crippen molar-refractivity contribution in [1.82, 2.24) is 0 Å². The topological polar surface area (TPSA) is 46.9 Å². The Labute approximate surface area is 175 Å². The number of anilines is 2. The number of aryl methyl sites for hydroxylation is 1. The summed E-state index contributed by atoms with van der Waals surface area (Å²) in [6.07, 6.45) is 7.39. The van der Waals surface area contributed by atoms with Crippen molar-refractivity contribution in [3.63, 3.8) is 0 Å². The number of hydrogen-bond donors (Lipinski definition) is 2. The van der Waals surface area contributed by atoms with Gasteiger partial charge in [-0.15, -0.1) is 26.3 Å². The molecule has 2 aromatic rings. The number of rotatable bonds is 10. The molecule has 0 fully saturated rings. The summed E-state index contributed by atoms with van der Waals surface area (Å²) in [5.41, 5.74) is 3.01. The minimum Gasteiger partial charge on any atom is -0.508 e. The second kappa shape index (κ2) is 12.9. The maximum Gasteiger partial charge on any atom is 0.118 e. The zero-order valence-electron chi connectivity index (χ0n) is 17.3. The van der Waals surface area contributed by atoms with Crippen LogP contribution in [-0.4, -0.2) is 36.4 Å². The smallest absolute Gasteiger partial charge is 0.118 e. The number of hydrogen-bond acceptors (Lipinski definition) is 4. The van der Waals surface area contributed by atoms with Crippen LogP contribution in [-0.2, 0) is 0 Å². The van der Waals surface area contributed by atoms with Crippen LogP contribution in [0.4, 0.5) is 11.4 Å². The van der Waals surface area contributed by atoms with E-state index in [-0.39, 0.29) is 5.75 Å². The normalized spacial score (nSPS) is 9.55. The lowest BCUT2D eigenvalue weighted by atomic mass is 10.2. The van der Waals surface area contributed by atoms with Crippen molar-refractivity contribution in [1.29, 1.82) is 0 Å². The van der Waals surface area contributed by atoms with Crippen LogP contribution < -0.4 is 9.80 Å². The van der Waals surface area contributed by atoms with Gasteiger partial charge in [0, 0.05) is 37.6 Å². The molecule has 29 heavy (non-hydrogen) atoms. The van der Waals surface area contributed by atoms with Crippen LogP contribution >= 0.6 is 0 Å². The molecule has 0 saturated carbocycles. The number of aromatic hydroxyl groups is 2. The molecule has 0 aliphatic rings. The summed E-state index contributed by atoms with van der Waals surface area (Å²) in [5.74, 6) is 0.613. The fourth-order valence-corrected chi connectivity index (χ4v) is 2.69. The number of phenolic OH excluding ortho intramolecular Hbond substituents is 2. The summed E-state index contributed by atoms with van der Waals surface area (Å²) in [6.45, 7) is 19.8. The van der Waals surface area contributed by atoms with E-state index in [4.69, 9.17) is 5.11 Å².